The first-order valence-electron chi connectivity index (χ1n) is 3.47. The van der Waals surface area contributed by atoms with Gasteiger partial charge in [-0.2, -0.15) is 0 Å². The van der Waals surface area contributed by atoms with Gasteiger partial charge < -0.3 is 9.47 Å². The second-order valence-electron chi connectivity index (χ2n) is 2.27. The van der Waals surface area contributed by atoms with Gasteiger partial charge >= 0.3 is 6.36 Å². The first-order valence-corrected chi connectivity index (χ1v) is 3.47. The molecule has 0 fully saturated rings. The van der Waals surface area contributed by atoms with E-state index in [1.807, 2.05) is 0 Å². The van der Waals surface area contributed by atoms with E-state index in [4.69, 9.17) is 4.74 Å². The first kappa shape index (κ1) is 9.74. The van der Waals surface area contributed by atoms with Crippen LogP contribution in [0.3, 0.4) is 0 Å². The van der Waals surface area contributed by atoms with Crippen molar-refractivity contribution >= 4 is 0 Å². The molecular weight excluding hydrogens is 185 g/mol. The average Bonchev–Trinajstić information content (AvgIpc) is 2.03. The Balaban J connectivity index is 2.63. The third-order valence-corrected chi connectivity index (χ3v) is 1.34. The summed E-state index contributed by atoms with van der Waals surface area (Å²) in [7, 11) is 1.43. The van der Waals surface area contributed by atoms with E-state index in [9.17, 15) is 13.2 Å². The number of methoxy groups -OCH3 is 1. The maximum atomic E-state index is 11.7. The molecule has 0 bridgehead atoms. The van der Waals surface area contributed by atoms with E-state index >= 15 is 0 Å². The Labute approximate surface area is 72.9 Å². The maximum absolute atomic E-state index is 11.7. The SMILES string of the molecule is COC1=C=CC(OC(F)(F)F)=CC1. The molecule has 1 aliphatic carbocycles. The maximum Gasteiger partial charge on any atom is 0.573 e. The predicted octanol–water partition coefficient (Wildman–Crippen LogP) is 2.50. The van der Waals surface area contributed by atoms with Crippen molar-refractivity contribution in [3.63, 3.8) is 0 Å². The second kappa shape index (κ2) is 3.58. The number of hydrogen-bond donors (Lipinski definition) is 0. The van der Waals surface area contributed by atoms with Crippen LogP contribution >= 0.6 is 0 Å². The molecule has 72 valence electrons. The van der Waals surface area contributed by atoms with Gasteiger partial charge in [-0.1, -0.05) is 5.73 Å². The Morgan fingerprint density at radius 1 is 1.46 bits per heavy atom. The van der Waals surface area contributed by atoms with Crippen LogP contribution in [0.2, 0.25) is 0 Å². The van der Waals surface area contributed by atoms with E-state index < -0.39 is 6.36 Å². The van der Waals surface area contributed by atoms with Gasteiger partial charge in [0.2, 0.25) is 0 Å². The van der Waals surface area contributed by atoms with Gasteiger partial charge in [-0.15, -0.1) is 13.2 Å². The van der Waals surface area contributed by atoms with Crippen LogP contribution in [0.4, 0.5) is 13.2 Å². The van der Waals surface area contributed by atoms with Gasteiger partial charge in [0.1, 0.15) is 11.5 Å². The number of ether oxygens (including phenoxy) is 2. The fourth-order valence-corrected chi connectivity index (χ4v) is 0.810. The Morgan fingerprint density at radius 3 is 2.54 bits per heavy atom. The zero-order valence-electron chi connectivity index (χ0n) is 6.81. The molecule has 0 radical (unpaired) electrons. The Bertz CT molecular complexity index is 282. The van der Waals surface area contributed by atoms with Gasteiger partial charge in [-0.05, 0) is 6.08 Å². The van der Waals surface area contributed by atoms with Gasteiger partial charge in [0.25, 0.3) is 0 Å². The summed E-state index contributed by atoms with van der Waals surface area (Å²) < 4.78 is 43.4. The topological polar surface area (TPSA) is 18.5 Å². The molecular formula is C8H7F3O2. The lowest BCUT2D eigenvalue weighted by Crippen LogP contribution is -2.12. The Morgan fingerprint density at radius 2 is 2.15 bits per heavy atom. The van der Waals surface area contributed by atoms with Crippen LogP contribution in [0.5, 0.6) is 0 Å². The molecule has 1 rings (SSSR count). The molecule has 0 aromatic rings. The standard InChI is InChI=1S/C8H7F3O2/c1-12-6-2-4-7(5-3-6)13-8(9,10)11/h4-5H,2H2,1H3. The van der Waals surface area contributed by atoms with E-state index in [1.165, 1.54) is 13.2 Å². The summed E-state index contributed by atoms with van der Waals surface area (Å²) in [4.78, 5) is 0. The van der Waals surface area contributed by atoms with Crippen molar-refractivity contribution in [1.82, 2.24) is 0 Å². The van der Waals surface area contributed by atoms with E-state index in [1.54, 1.807) is 0 Å². The van der Waals surface area contributed by atoms with Crippen molar-refractivity contribution in [2.24, 2.45) is 0 Å². The van der Waals surface area contributed by atoms with Gasteiger partial charge in [0, 0.05) is 12.5 Å². The minimum absolute atomic E-state index is 0.256. The predicted molar refractivity (Wildman–Crippen MR) is 38.4 cm³/mol. The zero-order valence-corrected chi connectivity index (χ0v) is 6.81. The summed E-state index contributed by atoms with van der Waals surface area (Å²) in [6.45, 7) is 0. The molecule has 2 nitrogen and oxygen atoms in total. The summed E-state index contributed by atoms with van der Waals surface area (Å²) in [5, 5.41) is 0. The fourth-order valence-electron chi connectivity index (χ4n) is 0.810. The van der Waals surface area contributed by atoms with Crippen molar-refractivity contribution in [3.8, 4) is 0 Å². The fraction of sp³-hybridized carbons (Fsp3) is 0.375. The minimum atomic E-state index is -4.64. The number of rotatable bonds is 2. The zero-order chi connectivity index (χ0) is 9.90. The third kappa shape index (κ3) is 3.25. The van der Waals surface area contributed by atoms with Crippen molar-refractivity contribution in [2.45, 2.75) is 12.8 Å². The van der Waals surface area contributed by atoms with Crippen LogP contribution in [-0.2, 0) is 9.47 Å². The molecule has 0 saturated carbocycles. The average molecular weight is 192 g/mol. The normalized spacial score (nSPS) is 16.3. The monoisotopic (exact) mass is 192 g/mol. The number of hydrogen-bond acceptors (Lipinski definition) is 2. The molecule has 0 unspecified atom stereocenters. The van der Waals surface area contributed by atoms with Crippen LogP contribution in [-0.4, -0.2) is 13.5 Å². The smallest absolute Gasteiger partial charge is 0.493 e. The van der Waals surface area contributed by atoms with Crippen LogP contribution in [0.15, 0.2) is 29.4 Å². The highest BCUT2D eigenvalue weighted by Gasteiger charge is 2.31. The molecule has 1 aliphatic rings. The molecule has 0 aromatic heterocycles. The highest BCUT2D eigenvalue weighted by Crippen LogP contribution is 2.23. The summed E-state index contributed by atoms with van der Waals surface area (Å²) in [6, 6.07) is 0. The lowest BCUT2D eigenvalue weighted by Gasteiger charge is -2.11. The molecule has 0 saturated heterocycles. The summed E-state index contributed by atoms with van der Waals surface area (Å²) in [5.74, 6) is 0.225. The van der Waals surface area contributed by atoms with Crippen LogP contribution < -0.4 is 0 Å². The first-order chi connectivity index (χ1) is 6.01. The van der Waals surface area contributed by atoms with Crippen LogP contribution in [0.25, 0.3) is 0 Å². The van der Waals surface area contributed by atoms with Gasteiger partial charge in [-0.25, -0.2) is 0 Å². The van der Waals surface area contributed by atoms with Crippen molar-refractivity contribution < 1.29 is 22.6 Å². The molecule has 0 N–H and O–H groups in total. The highest BCUT2D eigenvalue weighted by molar-refractivity contribution is 5.20. The van der Waals surface area contributed by atoms with Crippen LogP contribution in [0, 0.1) is 0 Å². The number of alkyl halides is 3. The Hall–Kier alpha value is -1.35. The van der Waals surface area contributed by atoms with E-state index in [0.29, 0.717) is 5.76 Å². The lowest BCUT2D eigenvalue weighted by molar-refractivity contribution is -0.303. The minimum Gasteiger partial charge on any atom is -0.493 e. The van der Waals surface area contributed by atoms with Crippen molar-refractivity contribution in [2.75, 3.05) is 7.11 Å². The quantitative estimate of drug-likeness (QED) is 0.626. The third-order valence-electron chi connectivity index (χ3n) is 1.34. The van der Waals surface area contributed by atoms with Gasteiger partial charge in [0.15, 0.2) is 0 Å². The Kier molecular flexibility index (Phi) is 2.68. The molecule has 0 aromatic carbocycles. The molecule has 0 heterocycles. The summed E-state index contributed by atoms with van der Waals surface area (Å²) in [5.41, 5.74) is 2.52. The molecule has 5 heteroatoms. The summed E-state index contributed by atoms with van der Waals surface area (Å²) >= 11 is 0. The number of halogens is 3. The molecule has 0 spiro atoms. The highest BCUT2D eigenvalue weighted by atomic mass is 19.4. The largest absolute Gasteiger partial charge is 0.573 e. The van der Waals surface area contributed by atoms with E-state index in [2.05, 4.69) is 10.5 Å². The lowest BCUT2D eigenvalue weighted by atomic mass is 10.2. The number of allylic oxidation sites excluding steroid dienone is 1. The van der Waals surface area contributed by atoms with Gasteiger partial charge in [0.05, 0.1) is 7.11 Å². The second-order valence-corrected chi connectivity index (χ2v) is 2.27. The molecule has 0 atom stereocenters. The molecule has 0 amide bonds. The van der Waals surface area contributed by atoms with Crippen LogP contribution in [0.1, 0.15) is 6.42 Å². The van der Waals surface area contributed by atoms with E-state index in [-0.39, 0.29) is 12.2 Å². The van der Waals surface area contributed by atoms with E-state index in [0.717, 1.165) is 6.08 Å². The van der Waals surface area contributed by atoms with Crippen molar-refractivity contribution in [1.29, 1.82) is 0 Å². The van der Waals surface area contributed by atoms with Crippen molar-refractivity contribution in [3.05, 3.63) is 29.4 Å². The molecule has 0 aliphatic heterocycles. The molecule has 13 heavy (non-hydrogen) atoms. The van der Waals surface area contributed by atoms with Gasteiger partial charge in [-0.3, -0.25) is 0 Å². The summed E-state index contributed by atoms with van der Waals surface area (Å²) in [6.07, 6.45) is -2.01.